The lowest BCUT2D eigenvalue weighted by Crippen LogP contribution is -2.61. The second-order valence-electron chi connectivity index (χ2n) is 7.45. The van der Waals surface area contributed by atoms with Crippen LogP contribution in [0.15, 0.2) is 36.4 Å². The maximum absolute atomic E-state index is 12.4. The highest BCUT2D eigenvalue weighted by Crippen LogP contribution is 2.25. The summed E-state index contributed by atoms with van der Waals surface area (Å²) in [6.07, 6.45) is 9.16. The van der Waals surface area contributed by atoms with Crippen molar-refractivity contribution >= 4 is 11.8 Å². The van der Waals surface area contributed by atoms with Crippen molar-refractivity contribution in [3.63, 3.8) is 0 Å². The first-order valence-electron chi connectivity index (χ1n) is 9.13. The summed E-state index contributed by atoms with van der Waals surface area (Å²) in [7, 11) is 0. The van der Waals surface area contributed by atoms with Crippen LogP contribution in [0.4, 0.5) is 0 Å². The molecule has 5 N–H and O–H groups in total. The van der Waals surface area contributed by atoms with Gasteiger partial charge in [0, 0.05) is 16.7 Å². The molecule has 0 bridgehead atoms. The fourth-order valence-corrected chi connectivity index (χ4v) is 3.03. The molecule has 1 saturated carbocycles. The highest BCUT2D eigenvalue weighted by Gasteiger charge is 2.33. The van der Waals surface area contributed by atoms with Gasteiger partial charge in [-0.1, -0.05) is 30.8 Å². The van der Waals surface area contributed by atoms with E-state index in [9.17, 15) is 9.59 Å². The van der Waals surface area contributed by atoms with Crippen LogP contribution in [0.1, 0.15) is 55.5 Å². The summed E-state index contributed by atoms with van der Waals surface area (Å²) in [5.41, 5.74) is 7.57. The van der Waals surface area contributed by atoms with Crippen molar-refractivity contribution in [3.8, 4) is 11.8 Å². The molecule has 1 fully saturated rings. The van der Waals surface area contributed by atoms with Gasteiger partial charge >= 0.3 is 0 Å². The molecule has 0 spiro atoms. The van der Waals surface area contributed by atoms with E-state index in [1.165, 1.54) is 31.2 Å². The zero-order chi connectivity index (χ0) is 19.9. The number of nitrogens with one attached hydrogen (secondary N) is 2. The topological polar surface area (TPSA) is 104 Å². The van der Waals surface area contributed by atoms with E-state index < -0.39 is 23.4 Å². The Morgan fingerprint density at radius 1 is 1.26 bits per heavy atom. The molecule has 1 aliphatic rings. The molecular formula is C21H27N3O3. The molecule has 0 radical (unpaired) electrons. The third-order valence-corrected chi connectivity index (χ3v) is 4.61. The summed E-state index contributed by atoms with van der Waals surface area (Å²) in [4.78, 5) is 24.1. The van der Waals surface area contributed by atoms with Gasteiger partial charge in [-0.05, 0) is 62.9 Å². The van der Waals surface area contributed by atoms with Crippen LogP contribution in [0.2, 0.25) is 0 Å². The van der Waals surface area contributed by atoms with Crippen molar-refractivity contribution in [1.29, 1.82) is 0 Å². The summed E-state index contributed by atoms with van der Waals surface area (Å²) >= 11 is 0. The fraction of sp³-hybridized carbons (Fsp3) is 0.429. The SMILES string of the molecule is CC(C)(N)[C@H](NC(=O)c1ccc(C#CC=CC2CCCC2)cc1)C(=O)NO. The molecule has 0 heterocycles. The maximum atomic E-state index is 12.4. The van der Waals surface area contributed by atoms with Crippen molar-refractivity contribution in [2.45, 2.75) is 51.1 Å². The number of hydrogen-bond donors (Lipinski definition) is 4. The van der Waals surface area contributed by atoms with Gasteiger partial charge in [0.05, 0.1) is 0 Å². The van der Waals surface area contributed by atoms with Crippen molar-refractivity contribution in [2.75, 3.05) is 0 Å². The van der Waals surface area contributed by atoms with E-state index in [0.29, 0.717) is 11.5 Å². The van der Waals surface area contributed by atoms with Gasteiger partial charge in [-0.15, -0.1) is 0 Å². The van der Waals surface area contributed by atoms with Crippen molar-refractivity contribution < 1.29 is 14.8 Å². The summed E-state index contributed by atoms with van der Waals surface area (Å²) < 4.78 is 0. The lowest BCUT2D eigenvalue weighted by molar-refractivity contribution is -0.132. The highest BCUT2D eigenvalue weighted by atomic mass is 16.5. The zero-order valence-corrected chi connectivity index (χ0v) is 15.8. The molecule has 0 saturated heterocycles. The van der Waals surface area contributed by atoms with Crippen LogP contribution in [0.3, 0.4) is 0 Å². The van der Waals surface area contributed by atoms with Gasteiger partial charge < -0.3 is 11.1 Å². The number of nitrogens with two attached hydrogens (primary N) is 1. The van der Waals surface area contributed by atoms with E-state index in [1.54, 1.807) is 38.1 Å². The molecule has 1 atom stereocenters. The third-order valence-electron chi connectivity index (χ3n) is 4.61. The molecule has 27 heavy (non-hydrogen) atoms. The minimum Gasteiger partial charge on any atom is -0.338 e. The van der Waals surface area contributed by atoms with Gasteiger partial charge in [0.1, 0.15) is 6.04 Å². The Morgan fingerprint density at radius 3 is 2.44 bits per heavy atom. The smallest absolute Gasteiger partial charge is 0.267 e. The third kappa shape index (κ3) is 6.24. The maximum Gasteiger partial charge on any atom is 0.267 e. The monoisotopic (exact) mass is 369 g/mol. The van der Waals surface area contributed by atoms with Crippen LogP contribution < -0.4 is 16.5 Å². The Bertz CT molecular complexity index is 746. The van der Waals surface area contributed by atoms with Gasteiger partial charge in [0.15, 0.2) is 0 Å². The summed E-state index contributed by atoms with van der Waals surface area (Å²) in [5, 5.41) is 11.4. The number of hydrogen-bond acceptors (Lipinski definition) is 4. The molecule has 0 aromatic heterocycles. The predicted octanol–water partition coefficient (Wildman–Crippen LogP) is 2.13. The molecule has 1 aromatic carbocycles. The quantitative estimate of drug-likeness (QED) is 0.362. The first-order chi connectivity index (χ1) is 12.8. The normalized spacial score (nSPS) is 15.9. The van der Waals surface area contributed by atoms with Crippen LogP contribution in [-0.4, -0.2) is 28.6 Å². The van der Waals surface area contributed by atoms with Crippen molar-refractivity contribution in [1.82, 2.24) is 10.8 Å². The molecule has 2 rings (SSSR count). The predicted molar refractivity (Wildman–Crippen MR) is 104 cm³/mol. The first-order valence-corrected chi connectivity index (χ1v) is 9.13. The molecular weight excluding hydrogens is 342 g/mol. The lowest BCUT2D eigenvalue weighted by atomic mass is 9.95. The Morgan fingerprint density at radius 2 is 1.89 bits per heavy atom. The molecule has 0 aliphatic heterocycles. The van der Waals surface area contributed by atoms with Crippen LogP contribution in [0.5, 0.6) is 0 Å². The fourth-order valence-electron chi connectivity index (χ4n) is 3.03. The second kappa shape index (κ2) is 9.36. The van der Waals surface area contributed by atoms with Crippen LogP contribution >= 0.6 is 0 Å². The molecule has 2 amide bonds. The average Bonchev–Trinajstić information content (AvgIpc) is 3.15. The number of carbonyl (C=O) groups is 2. The molecule has 1 aliphatic carbocycles. The van der Waals surface area contributed by atoms with Gasteiger partial charge in [-0.3, -0.25) is 14.8 Å². The standard InChI is InChI=1S/C21H27N3O3/c1-21(2,22)18(20(26)24-27)23-19(25)17-13-11-16(12-14-17)10-6-5-9-15-7-3-4-8-15/h5,9,11-15,18,27H,3-4,7-8,22H2,1-2H3,(H,23,25)(H,24,26)/t18-/m1/s1. The van der Waals surface area contributed by atoms with Crippen LogP contribution in [-0.2, 0) is 4.79 Å². The minimum absolute atomic E-state index is 0.377. The lowest BCUT2D eigenvalue weighted by Gasteiger charge is -2.29. The van der Waals surface area contributed by atoms with Gasteiger partial charge in [0.2, 0.25) is 0 Å². The molecule has 1 aromatic rings. The number of allylic oxidation sites excluding steroid dienone is 2. The Labute approximate surface area is 160 Å². The van der Waals surface area contributed by atoms with E-state index >= 15 is 0 Å². The van der Waals surface area contributed by atoms with E-state index in [0.717, 1.165) is 5.56 Å². The summed E-state index contributed by atoms with van der Waals surface area (Å²) in [6.45, 7) is 3.18. The Balaban J connectivity index is 1.99. The minimum atomic E-state index is -1.07. The number of amides is 2. The largest absolute Gasteiger partial charge is 0.338 e. The zero-order valence-electron chi connectivity index (χ0n) is 15.8. The van der Waals surface area contributed by atoms with E-state index in [4.69, 9.17) is 10.9 Å². The average molecular weight is 369 g/mol. The van der Waals surface area contributed by atoms with Gasteiger partial charge in [-0.25, -0.2) is 5.48 Å². The van der Waals surface area contributed by atoms with Crippen LogP contribution in [0, 0.1) is 17.8 Å². The summed E-state index contributed by atoms with van der Waals surface area (Å²) in [5.74, 6) is 5.49. The number of carbonyl (C=O) groups excluding carboxylic acids is 2. The van der Waals surface area contributed by atoms with E-state index in [2.05, 4.69) is 23.2 Å². The van der Waals surface area contributed by atoms with Crippen molar-refractivity contribution in [3.05, 3.63) is 47.5 Å². The van der Waals surface area contributed by atoms with Gasteiger partial charge in [-0.2, -0.15) is 0 Å². The molecule has 6 nitrogen and oxygen atoms in total. The summed E-state index contributed by atoms with van der Waals surface area (Å²) in [6, 6.07) is 5.70. The van der Waals surface area contributed by atoms with Crippen molar-refractivity contribution in [2.24, 2.45) is 11.7 Å². The highest BCUT2D eigenvalue weighted by molar-refractivity contribution is 5.97. The second-order valence-corrected chi connectivity index (χ2v) is 7.45. The Kier molecular flexibility index (Phi) is 7.17. The number of hydroxylamine groups is 1. The molecule has 6 heteroatoms. The van der Waals surface area contributed by atoms with Gasteiger partial charge in [0.25, 0.3) is 11.8 Å². The molecule has 0 unspecified atom stereocenters. The number of rotatable bonds is 5. The van der Waals surface area contributed by atoms with E-state index in [-0.39, 0.29) is 0 Å². The van der Waals surface area contributed by atoms with E-state index in [1.807, 2.05) is 6.08 Å². The Hall–Kier alpha value is -2.62. The van der Waals surface area contributed by atoms with Crippen LogP contribution in [0.25, 0.3) is 0 Å². The molecule has 144 valence electrons. The number of benzene rings is 1. The first kappa shape index (κ1) is 20.7.